The maximum absolute atomic E-state index is 12.2. The van der Waals surface area contributed by atoms with E-state index in [0.29, 0.717) is 0 Å². The van der Waals surface area contributed by atoms with Crippen molar-refractivity contribution < 1.29 is 9.53 Å². The SMILES string of the molecule is CCc1ccc(N2C(=O)[C@@H](N)[C@H]2c2cccc(OC)c2)cc1. The first-order chi connectivity index (χ1) is 10.7. The lowest BCUT2D eigenvalue weighted by molar-refractivity contribution is -0.126. The van der Waals surface area contributed by atoms with Crippen LogP contribution in [0.2, 0.25) is 0 Å². The number of ether oxygens (including phenoxy) is 1. The number of carbonyl (C=O) groups is 1. The predicted octanol–water partition coefficient (Wildman–Crippen LogP) is 2.67. The van der Waals surface area contributed by atoms with Gasteiger partial charge in [-0.15, -0.1) is 0 Å². The summed E-state index contributed by atoms with van der Waals surface area (Å²) >= 11 is 0. The molecule has 2 atom stereocenters. The maximum Gasteiger partial charge on any atom is 0.247 e. The molecule has 0 aliphatic carbocycles. The zero-order chi connectivity index (χ0) is 15.7. The number of nitrogens with zero attached hydrogens (tertiary/aromatic N) is 1. The number of carbonyl (C=O) groups excluding carboxylic acids is 1. The Morgan fingerprint density at radius 3 is 2.55 bits per heavy atom. The number of nitrogens with two attached hydrogens (primary N) is 1. The number of amides is 1. The summed E-state index contributed by atoms with van der Waals surface area (Å²) in [5, 5.41) is 0. The van der Waals surface area contributed by atoms with Gasteiger partial charge in [0.25, 0.3) is 0 Å². The molecule has 114 valence electrons. The van der Waals surface area contributed by atoms with Gasteiger partial charge in [-0.25, -0.2) is 0 Å². The number of hydrogen-bond acceptors (Lipinski definition) is 3. The molecule has 0 aromatic heterocycles. The molecule has 1 amide bonds. The summed E-state index contributed by atoms with van der Waals surface area (Å²) in [7, 11) is 1.63. The molecule has 2 N–H and O–H groups in total. The second-order valence-corrected chi connectivity index (χ2v) is 5.48. The van der Waals surface area contributed by atoms with Crippen molar-refractivity contribution in [3.05, 3.63) is 59.7 Å². The van der Waals surface area contributed by atoms with E-state index in [4.69, 9.17) is 10.5 Å². The Labute approximate surface area is 130 Å². The van der Waals surface area contributed by atoms with E-state index in [1.165, 1.54) is 5.56 Å². The van der Waals surface area contributed by atoms with Crippen molar-refractivity contribution in [2.24, 2.45) is 5.73 Å². The van der Waals surface area contributed by atoms with Crippen molar-refractivity contribution >= 4 is 11.6 Å². The Morgan fingerprint density at radius 2 is 1.91 bits per heavy atom. The fraction of sp³-hybridized carbons (Fsp3) is 0.278. The van der Waals surface area contributed by atoms with E-state index in [2.05, 4.69) is 19.1 Å². The Bertz CT molecular complexity index is 682. The first kappa shape index (κ1) is 14.6. The fourth-order valence-corrected chi connectivity index (χ4v) is 2.87. The number of benzene rings is 2. The van der Waals surface area contributed by atoms with Gasteiger partial charge in [-0.3, -0.25) is 4.79 Å². The molecule has 0 radical (unpaired) electrons. The molecule has 2 aromatic rings. The molecule has 0 saturated carbocycles. The zero-order valence-corrected chi connectivity index (χ0v) is 12.8. The van der Waals surface area contributed by atoms with Crippen LogP contribution >= 0.6 is 0 Å². The molecule has 1 saturated heterocycles. The molecule has 1 fully saturated rings. The summed E-state index contributed by atoms with van der Waals surface area (Å²) in [4.78, 5) is 14.0. The van der Waals surface area contributed by atoms with Crippen LogP contribution in [0.4, 0.5) is 5.69 Å². The third-order valence-corrected chi connectivity index (χ3v) is 4.20. The minimum Gasteiger partial charge on any atom is -0.497 e. The summed E-state index contributed by atoms with van der Waals surface area (Å²) in [5.74, 6) is 0.724. The molecular formula is C18H20N2O2. The molecule has 22 heavy (non-hydrogen) atoms. The number of methoxy groups -OCH3 is 1. The van der Waals surface area contributed by atoms with Crippen LogP contribution in [0.15, 0.2) is 48.5 Å². The highest BCUT2D eigenvalue weighted by Gasteiger charge is 2.46. The van der Waals surface area contributed by atoms with Gasteiger partial charge in [-0.1, -0.05) is 31.2 Å². The highest BCUT2D eigenvalue weighted by molar-refractivity contribution is 6.05. The number of hydrogen-bond donors (Lipinski definition) is 1. The third-order valence-electron chi connectivity index (χ3n) is 4.20. The zero-order valence-electron chi connectivity index (χ0n) is 12.8. The van der Waals surface area contributed by atoms with Crippen LogP contribution in [0.5, 0.6) is 5.75 Å². The first-order valence-corrected chi connectivity index (χ1v) is 7.47. The lowest BCUT2D eigenvalue weighted by Gasteiger charge is -2.45. The average molecular weight is 296 g/mol. The molecule has 3 rings (SSSR count). The molecule has 1 aliphatic rings. The molecule has 4 heteroatoms. The van der Waals surface area contributed by atoms with E-state index in [0.717, 1.165) is 23.4 Å². The maximum atomic E-state index is 12.2. The van der Waals surface area contributed by atoms with E-state index in [9.17, 15) is 4.79 Å². The molecule has 4 nitrogen and oxygen atoms in total. The monoisotopic (exact) mass is 296 g/mol. The van der Waals surface area contributed by atoms with Crippen LogP contribution in [-0.2, 0) is 11.2 Å². The molecule has 1 heterocycles. The summed E-state index contributed by atoms with van der Waals surface area (Å²) < 4.78 is 5.26. The second-order valence-electron chi connectivity index (χ2n) is 5.48. The van der Waals surface area contributed by atoms with Crippen LogP contribution in [0.25, 0.3) is 0 Å². The summed E-state index contributed by atoms with van der Waals surface area (Å²) in [6.07, 6.45) is 0.979. The quantitative estimate of drug-likeness (QED) is 0.883. The largest absolute Gasteiger partial charge is 0.497 e. The highest BCUT2D eigenvalue weighted by Crippen LogP contribution is 2.39. The van der Waals surface area contributed by atoms with Crippen LogP contribution in [0.3, 0.4) is 0 Å². The minimum atomic E-state index is -0.502. The fourth-order valence-electron chi connectivity index (χ4n) is 2.87. The van der Waals surface area contributed by atoms with Gasteiger partial charge < -0.3 is 15.4 Å². The highest BCUT2D eigenvalue weighted by atomic mass is 16.5. The summed E-state index contributed by atoms with van der Waals surface area (Å²) in [6.45, 7) is 2.11. The van der Waals surface area contributed by atoms with Gasteiger partial charge in [0.1, 0.15) is 11.8 Å². The van der Waals surface area contributed by atoms with Gasteiger partial charge in [-0.05, 0) is 41.8 Å². The van der Waals surface area contributed by atoms with E-state index >= 15 is 0 Å². The van der Waals surface area contributed by atoms with Crippen LogP contribution < -0.4 is 15.4 Å². The number of β-lactam (4-membered cyclic amide) rings is 1. The van der Waals surface area contributed by atoms with Gasteiger partial charge in [0, 0.05) is 5.69 Å². The molecule has 0 unspecified atom stereocenters. The van der Waals surface area contributed by atoms with Gasteiger partial charge in [0.15, 0.2) is 0 Å². The Morgan fingerprint density at radius 1 is 1.18 bits per heavy atom. The molecule has 0 spiro atoms. The van der Waals surface area contributed by atoms with Crippen LogP contribution in [0.1, 0.15) is 24.1 Å². The second kappa shape index (κ2) is 5.81. The minimum absolute atomic E-state index is 0.0444. The third kappa shape index (κ3) is 2.35. The van der Waals surface area contributed by atoms with Crippen molar-refractivity contribution in [1.82, 2.24) is 0 Å². The smallest absolute Gasteiger partial charge is 0.247 e. The number of aryl methyl sites for hydroxylation is 1. The Kier molecular flexibility index (Phi) is 3.86. The van der Waals surface area contributed by atoms with Crippen molar-refractivity contribution in [3.63, 3.8) is 0 Å². The lowest BCUT2D eigenvalue weighted by Crippen LogP contribution is -2.63. The van der Waals surface area contributed by atoms with Gasteiger partial charge in [0.2, 0.25) is 5.91 Å². The molecule has 1 aliphatic heterocycles. The van der Waals surface area contributed by atoms with E-state index in [-0.39, 0.29) is 11.9 Å². The van der Waals surface area contributed by atoms with E-state index in [1.54, 1.807) is 12.0 Å². The molecular weight excluding hydrogens is 276 g/mol. The molecule has 2 aromatic carbocycles. The number of anilines is 1. The van der Waals surface area contributed by atoms with Crippen LogP contribution in [-0.4, -0.2) is 19.1 Å². The first-order valence-electron chi connectivity index (χ1n) is 7.47. The summed E-state index contributed by atoms with van der Waals surface area (Å²) in [5.41, 5.74) is 9.17. The molecule has 0 bridgehead atoms. The standard InChI is InChI=1S/C18H20N2O2/c1-3-12-7-9-14(10-8-12)20-17(16(19)18(20)21)13-5-4-6-15(11-13)22-2/h4-11,16-17H,3,19H2,1-2H3/t16-,17+/m0/s1. The average Bonchev–Trinajstić information content (AvgIpc) is 2.58. The van der Waals surface area contributed by atoms with Crippen molar-refractivity contribution in [3.8, 4) is 5.75 Å². The van der Waals surface area contributed by atoms with Crippen LogP contribution in [0, 0.1) is 0 Å². The van der Waals surface area contributed by atoms with Gasteiger partial charge in [0.05, 0.1) is 13.2 Å². The van der Waals surface area contributed by atoms with E-state index < -0.39 is 6.04 Å². The van der Waals surface area contributed by atoms with Crippen molar-refractivity contribution in [2.45, 2.75) is 25.4 Å². The van der Waals surface area contributed by atoms with Crippen molar-refractivity contribution in [2.75, 3.05) is 12.0 Å². The normalized spacial score (nSPS) is 20.7. The van der Waals surface area contributed by atoms with Gasteiger partial charge >= 0.3 is 0 Å². The lowest BCUT2D eigenvalue weighted by atomic mass is 9.88. The Hall–Kier alpha value is -2.33. The van der Waals surface area contributed by atoms with Crippen molar-refractivity contribution in [1.29, 1.82) is 0 Å². The topological polar surface area (TPSA) is 55.6 Å². The summed E-state index contributed by atoms with van der Waals surface area (Å²) in [6, 6.07) is 15.1. The van der Waals surface area contributed by atoms with Gasteiger partial charge in [-0.2, -0.15) is 0 Å². The Balaban J connectivity index is 1.93. The predicted molar refractivity (Wildman–Crippen MR) is 87.0 cm³/mol. The number of rotatable bonds is 4. The van der Waals surface area contributed by atoms with E-state index in [1.807, 2.05) is 36.4 Å².